The molecule has 2 amide bonds. The molecule has 7 nitrogen and oxygen atoms in total. The van der Waals surface area contributed by atoms with Gasteiger partial charge in [-0.1, -0.05) is 22.0 Å². The number of hydrogen-bond donors (Lipinski definition) is 4. The molecule has 0 radical (unpaired) electrons. The molecule has 0 unspecified atom stereocenters. The van der Waals surface area contributed by atoms with E-state index in [9.17, 15) is 14.4 Å². The highest BCUT2D eigenvalue weighted by Crippen LogP contribution is 2.11. The fourth-order valence-electron chi connectivity index (χ4n) is 1.43. The number of aliphatic hydroxyl groups is 1. The first-order valence-electron chi connectivity index (χ1n) is 6.11. The maximum absolute atomic E-state index is 11.7. The third-order valence-electron chi connectivity index (χ3n) is 2.52. The van der Waals surface area contributed by atoms with Crippen molar-refractivity contribution in [1.82, 2.24) is 10.6 Å². The predicted octanol–water partition coefficient (Wildman–Crippen LogP) is 0.131. The van der Waals surface area contributed by atoms with Crippen LogP contribution >= 0.6 is 15.9 Å². The first-order chi connectivity index (χ1) is 9.90. The van der Waals surface area contributed by atoms with Crippen LogP contribution in [0.4, 0.5) is 0 Å². The normalized spacial score (nSPS) is 11.5. The van der Waals surface area contributed by atoms with E-state index in [1.54, 1.807) is 24.3 Å². The van der Waals surface area contributed by atoms with Gasteiger partial charge in [0.05, 0.1) is 6.54 Å². The molecular weight excluding hydrogens is 344 g/mol. The van der Waals surface area contributed by atoms with Gasteiger partial charge < -0.3 is 20.8 Å². The van der Waals surface area contributed by atoms with Crippen LogP contribution in [-0.4, -0.2) is 47.2 Å². The molecule has 8 heteroatoms. The molecule has 0 saturated heterocycles. The Hall–Kier alpha value is -1.93. The summed E-state index contributed by atoms with van der Waals surface area (Å²) in [6.07, 6.45) is -1.61. The summed E-state index contributed by atoms with van der Waals surface area (Å²) in [6, 6.07) is 6.71. The third-order valence-corrected chi connectivity index (χ3v) is 3.01. The Balaban J connectivity index is 2.30. The van der Waals surface area contributed by atoms with Crippen molar-refractivity contribution < 1.29 is 24.6 Å². The standard InChI is InChI=1S/C13H15BrN2O5/c14-9-3-1-2-8(6-9)12(19)16-7-11(18)15-5-4-10(17)13(20)21/h1-3,6,10,17H,4-5,7H2,(H,15,18)(H,16,19)(H,20,21)/t10-/m0/s1. The Morgan fingerprint density at radius 1 is 1.24 bits per heavy atom. The molecule has 0 spiro atoms. The number of halogens is 1. The van der Waals surface area contributed by atoms with Gasteiger partial charge in [0.2, 0.25) is 5.91 Å². The summed E-state index contributed by atoms with van der Waals surface area (Å²) in [5.74, 6) is -2.19. The molecule has 1 atom stereocenters. The van der Waals surface area contributed by atoms with Crippen molar-refractivity contribution in [3.8, 4) is 0 Å². The lowest BCUT2D eigenvalue weighted by molar-refractivity contribution is -0.147. The first-order valence-corrected chi connectivity index (χ1v) is 6.91. The van der Waals surface area contributed by atoms with Crippen molar-refractivity contribution in [3.05, 3.63) is 34.3 Å². The maximum atomic E-state index is 11.7. The van der Waals surface area contributed by atoms with E-state index in [1.807, 2.05) is 0 Å². The van der Waals surface area contributed by atoms with Crippen LogP contribution in [0.15, 0.2) is 28.7 Å². The minimum absolute atomic E-state index is 0.0130. The molecule has 0 aliphatic carbocycles. The van der Waals surface area contributed by atoms with E-state index < -0.39 is 23.9 Å². The number of aliphatic carboxylic acids is 1. The van der Waals surface area contributed by atoms with Crippen molar-refractivity contribution in [2.75, 3.05) is 13.1 Å². The highest BCUT2D eigenvalue weighted by molar-refractivity contribution is 9.10. The minimum atomic E-state index is -1.51. The average molecular weight is 359 g/mol. The smallest absolute Gasteiger partial charge is 0.332 e. The quantitative estimate of drug-likeness (QED) is 0.552. The number of carboxylic acid groups (broad SMARTS) is 1. The molecule has 0 saturated carbocycles. The molecule has 0 heterocycles. The molecule has 1 rings (SSSR count). The summed E-state index contributed by atoms with van der Waals surface area (Å²) >= 11 is 3.24. The molecule has 0 bridgehead atoms. The Bertz CT molecular complexity index is 535. The molecule has 21 heavy (non-hydrogen) atoms. The van der Waals surface area contributed by atoms with E-state index in [-0.39, 0.29) is 19.5 Å². The van der Waals surface area contributed by atoms with Crippen LogP contribution in [0.25, 0.3) is 0 Å². The second kappa shape index (κ2) is 8.38. The van der Waals surface area contributed by atoms with Gasteiger partial charge in [-0.25, -0.2) is 4.79 Å². The van der Waals surface area contributed by atoms with Crippen molar-refractivity contribution in [1.29, 1.82) is 0 Å². The monoisotopic (exact) mass is 358 g/mol. The van der Waals surface area contributed by atoms with Gasteiger partial charge in [-0.15, -0.1) is 0 Å². The second-order valence-electron chi connectivity index (χ2n) is 4.19. The number of aliphatic hydroxyl groups excluding tert-OH is 1. The van der Waals surface area contributed by atoms with Gasteiger partial charge in [-0.05, 0) is 18.2 Å². The van der Waals surface area contributed by atoms with Gasteiger partial charge in [0.1, 0.15) is 0 Å². The number of amides is 2. The van der Waals surface area contributed by atoms with Crippen LogP contribution < -0.4 is 10.6 Å². The van der Waals surface area contributed by atoms with Crippen LogP contribution in [-0.2, 0) is 9.59 Å². The topological polar surface area (TPSA) is 116 Å². The Morgan fingerprint density at radius 2 is 1.95 bits per heavy atom. The second-order valence-corrected chi connectivity index (χ2v) is 5.10. The van der Waals surface area contributed by atoms with Crippen LogP contribution in [0.2, 0.25) is 0 Å². The summed E-state index contributed by atoms with van der Waals surface area (Å²) in [5.41, 5.74) is 0.415. The molecule has 0 fully saturated rings. The van der Waals surface area contributed by atoms with Gasteiger partial charge >= 0.3 is 5.97 Å². The summed E-state index contributed by atoms with van der Waals surface area (Å²) in [6.45, 7) is -0.215. The lowest BCUT2D eigenvalue weighted by Gasteiger charge is -2.08. The van der Waals surface area contributed by atoms with E-state index in [2.05, 4.69) is 26.6 Å². The summed E-state index contributed by atoms with van der Waals surface area (Å²) in [7, 11) is 0. The number of benzene rings is 1. The van der Waals surface area contributed by atoms with Gasteiger partial charge in [0.25, 0.3) is 5.91 Å². The van der Waals surface area contributed by atoms with Gasteiger partial charge in [-0.2, -0.15) is 0 Å². The molecule has 4 N–H and O–H groups in total. The zero-order valence-corrected chi connectivity index (χ0v) is 12.6. The Kier molecular flexibility index (Phi) is 6.83. The largest absolute Gasteiger partial charge is 0.479 e. The molecule has 114 valence electrons. The fraction of sp³-hybridized carbons (Fsp3) is 0.308. The van der Waals surface area contributed by atoms with Gasteiger partial charge in [-0.3, -0.25) is 9.59 Å². The summed E-state index contributed by atoms with van der Waals surface area (Å²) in [5, 5.41) is 22.3. The number of nitrogens with one attached hydrogen (secondary N) is 2. The SMILES string of the molecule is O=C(CNC(=O)c1cccc(Br)c1)NCC[C@H](O)C(=O)O. The molecule has 0 aliphatic heterocycles. The number of carbonyl (C=O) groups is 3. The van der Waals surface area contributed by atoms with Gasteiger partial charge in [0, 0.05) is 23.0 Å². The average Bonchev–Trinajstić information content (AvgIpc) is 2.44. The first kappa shape index (κ1) is 17.1. The molecule has 1 aromatic rings. The van der Waals surface area contributed by atoms with Gasteiger partial charge in [0.15, 0.2) is 6.10 Å². The lowest BCUT2D eigenvalue weighted by Crippen LogP contribution is -2.38. The highest BCUT2D eigenvalue weighted by atomic mass is 79.9. The van der Waals surface area contributed by atoms with Crippen LogP contribution in [0.5, 0.6) is 0 Å². The minimum Gasteiger partial charge on any atom is -0.479 e. The van der Waals surface area contributed by atoms with Crippen molar-refractivity contribution in [2.24, 2.45) is 0 Å². The van der Waals surface area contributed by atoms with Crippen molar-refractivity contribution >= 4 is 33.7 Å². The lowest BCUT2D eigenvalue weighted by atomic mass is 10.2. The van der Waals surface area contributed by atoms with Crippen molar-refractivity contribution in [2.45, 2.75) is 12.5 Å². The third kappa shape index (κ3) is 6.37. The number of rotatable bonds is 7. The zero-order chi connectivity index (χ0) is 15.8. The fourth-order valence-corrected chi connectivity index (χ4v) is 1.83. The molecule has 0 aromatic heterocycles. The highest BCUT2D eigenvalue weighted by Gasteiger charge is 2.13. The van der Waals surface area contributed by atoms with E-state index in [0.29, 0.717) is 5.56 Å². The number of hydrogen-bond acceptors (Lipinski definition) is 4. The van der Waals surface area contributed by atoms with Crippen LogP contribution in [0, 0.1) is 0 Å². The van der Waals surface area contributed by atoms with E-state index >= 15 is 0 Å². The zero-order valence-electron chi connectivity index (χ0n) is 11.0. The Labute approximate surface area is 129 Å². The molecular formula is C13H15BrN2O5. The summed E-state index contributed by atoms with van der Waals surface area (Å²) < 4.78 is 0.752. The van der Waals surface area contributed by atoms with Crippen LogP contribution in [0.1, 0.15) is 16.8 Å². The maximum Gasteiger partial charge on any atom is 0.332 e. The van der Waals surface area contributed by atoms with E-state index in [4.69, 9.17) is 10.2 Å². The van der Waals surface area contributed by atoms with E-state index in [0.717, 1.165) is 4.47 Å². The predicted molar refractivity (Wildman–Crippen MR) is 77.7 cm³/mol. The number of carboxylic acids is 1. The summed E-state index contributed by atoms with van der Waals surface area (Å²) in [4.78, 5) is 33.5. The Morgan fingerprint density at radius 3 is 2.57 bits per heavy atom. The van der Waals surface area contributed by atoms with Crippen molar-refractivity contribution in [3.63, 3.8) is 0 Å². The van der Waals surface area contributed by atoms with E-state index in [1.165, 1.54) is 0 Å². The number of carbonyl (C=O) groups excluding carboxylic acids is 2. The van der Waals surface area contributed by atoms with Crippen LogP contribution in [0.3, 0.4) is 0 Å². The molecule has 1 aromatic carbocycles. The molecule has 0 aliphatic rings.